The van der Waals surface area contributed by atoms with Crippen LogP contribution in [-0.4, -0.2) is 93.6 Å². The number of hydrogen-bond acceptors (Lipinski definition) is 8. The third kappa shape index (κ3) is 9.39. The number of imidazole rings is 2. The maximum absolute atomic E-state index is 13.4. The third-order valence-electron chi connectivity index (χ3n) is 10.4. The number of ether oxygens (including phenoxy) is 2. The molecule has 0 spiro atoms. The molecule has 14 heteroatoms. The maximum atomic E-state index is 13.4. The van der Waals surface area contributed by atoms with E-state index in [1.54, 1.807) is 11.1 Å². The molecule has 4 heterocycles. The average Bonchev–Trinajstić information content (AvgIpc) is 4.05. The standard InChI is InChI=1S/C42H50N8O6/c1-26(2)37(48-42(54)56-5)40(52)50-21-7-9-35(50)38-43-24-32(46-38)19-12-28-10-13-29(14-11-28)30-15-17-31(18-16-30)33-25-44-39(47-33)34-8-6-20-49(34)36(51)22-27(3)23-45-41(53)55-4/h10-11,13-18,24-27,34-35,37H,6-9,20-23H2,1-5H3,(H,43,46)(H,44,47)(H,45,53)(H,48,54). The lowest BCUT2D eigenvalue weighted by molar-refractivity contribution is -0.135. The molecule has 0 bridgehead atoms. The lowest BCUT2D eigenvalue weighted by atomic mass is 10.0. The van der Waals surface area contributed by atoms with Crippen molar-refractivity contribution >= 4 is 24.0 Å². The molecule has 14 nitrogen and oxygen atoms in total. The molecule has 2 fully saturated rings. The first-order chi connectivity index (χ1) is 27.0. The van der Waals surface area contributed by atoms with E-state index in [1.165, 1.54) is 14.2 Å². The van der Waals surface area contributed by atoms with Crippen LogP contribution in [0.4, 0.5) is 9.59 Å². The summed E-state index contributed by atoms with van der Waals surface area (Å²) < 4.78 is 9.36. The second kappa shape index (κ2) is 18.0. The Morgan fingerprint density at radius 1 is 0.786 bits per heavy atom. The minimum atomic E-state index is -0.693. The SMILES string of the molecule is COC(=O)NCC(C)CC(=O)N1CCCC1c1ncc(-c2ccc(-c3ccc(C#Cc4cnc(C5CCCN5C(=O)C(NC(=O)OC)C(C)C)[nH]4)cc3)cc2)[nH]1. The molecule has 4 unspecified atom stereocenters. The van der Waals surface area contributed by atoms with Gasteiger partial charge in [-0.15, -0.1) is 0 Å². The van der Waals surface area contributed by atoms with Gasteiger partial charge in [-0.25, -0.2) is 19.6 Å². The maximum Gasteiger partial charge on any atom is 0.407 e. The molecule has 2 aromatic heterocycles. The number of H-pyrrole nitrogens is 2. The van der Waals surface area contributed by atoms with E-state index in [4.69, 9.17) is 4.74 Å². The van der Waals surface area contributed by atoms with Gasteiger partial charge in [0.1, 0.15) is 23.4 Å². The summed E-state index contributed by atoms with van der Waals surface area (Å²) >= 11 is 0. The summed E-state index contributed by atoms with van der Waals surface area (Å²) in [7, 11) is 2.60. The molecule has 2 aromatic carbocycles. The molecule has 0 radical (unpaired) electrons. The predicted octanol–water partition coefficient (Wildman–Crippen LogP) is 5.96. The minimum Gasteiger partial charge on any atom is -0.453 e. The zero-order valence-corrected chi connectivity index (χ0v) is 32.6. The molecule has 2 saturated heterocycles. The summed E-state index contributed by atoms with van der Waals surface area (Å²) in [6, 6.07) is 15.3. The molecule has 56 heavy (non-hydrogen) atoms. The fourth-order valence-corrected chi connectivity index (χ4v) is 7.31. The third-order valence-corrected chi connectivity index (χ3v) is 10.4. The Morgan fingerprint density at radius 3 is 2.04 bits per heavy atom. The highest BCUT2D eigenvalue weighted by Crippen LogP contribution is 2.34. The molecule has 2 aliphatic heterocycles. The smallest absolute Gasteiger partial charge is 0.407 e. The van der Waals surface area contributed by atoms with Gasteiger partial charge in [-0.3, -0.25) is 9.59 Å². The van der Waals surface area contributed by atoms with Gasteiger partial charge in [0, 0.05) is 31.6 Å². The summed E-state index contributed by atoms with van der Waals surface area (Å²) in [6.45, 7) is 7.35. The molecule has 4 N–H and O–H groups in total. The normalized spacial score (nSPS) is 17.5. The number of nitrogens with zero attached hydrogens (tertiary/aromatic N) is 4. The van der Waals surface area contributed by atoms with Gasteiger partial charge in [0.2, 0.25) is 11.8 Å². The summed E-state index contributed by atoms with van der Waals surface area (Å²) in [6.07, 6.45) is 6.06. The van der Waals surface area contributed by atoms with Crippen LogP contribution in [0.5, 0.6) is 0 Å². The van der Waals surface area contributed by atoms with Gasteiger partial charge < -0.3 is 39.9 Å². The number of rotatable bonds is 11. The Morgan fingerprint density at radius 2 is 1.38 bits per heavy atom. The number of benzene rings is 2. The molecule has 2 aliphatic rings. The molecular formula is C42H50N8O6. The predicted molar refractivity (Wildman–Crippen MR) is 210 cm³/mol. The van der Waals surface area contributed by atoms with Crippen molar-refractivity contribution in [2.45, 2.75) is 71.0 Å². The van der Waals surface area contributed by atoms with E-state index in [0.29, 0.717) is 37.6 Å². The second-order valence-corrected chi connectivity index (χ2v) is 14.7. The number of aromatic nitrogens is 4. The van der Waals surface area contributed by atoms with Crippen molar-refractivity contribution in [3.8, 4) is 34.2 Å². The van der Waals surface area contributed by atoms with E-state index in [9.17, 15) is 19.2 Å². The van der Waals surface area contributed by atoms with E-state index < -0.39 is 18.2 Å². The topological polar surface area (TPSA) is 175 Å². The van der Waals surface area contributed by atoms with Gasteiger partial charge in [0.25, 0.3) is 0 Å². The molecule has 0 aliphatic carbocycles. The van der Waals surface area contributed by atoms with E-state index >= 15 is 0 Å². The quantitative estimate of drug-likeness (QED) is 0.136. The first-order valence-corrected chi connectivity index (χ1v) is 19.1. The van der Waals surface area contributed by atoms with Crippen molar-refractivity contribution < 1.29 is 28.7 Å². The number of nitrogens with one attached hydrogen (secondary N) is 4. The van der Waals surface area contributed by atoms with Crippen LogP contribution in [0.3, 0.4) is 0 Å². The number of carbonyl (C=O) groups is 4. The Kier molecular flexibility index (Phi) is 12.7. The average molecular weight is 763 g/mol. The number of alkyl carbamates (subject to hydrolysis) is 2. The zero-order chi connectivity index (χ0) is 39.8. The van der Waals surface area contributed by atoms with Crippen LogP contribution in [0.15, 0.2) is 60.9 Å². The lowest BCUT2D eigenvalue weighted by Gasteiger charge is -2.29. The van der Waals surface area contributed by atoms with Gasteiger partial charge in [0.05, 0.1) is 44.4 Å². The highest BCUT2D eigenvalue weighted by atomic mass is 16.5. The molecule has 4 amide bonds. The summed E-state index contributed by atoms with van der Waals surface area (Å²) in [4.78, 5) is 69.6. The van der Waals surface area contributed by atoms with Crippen molar-refractivity contribution in [1.82, 2.24) is 40.4 Å². The van der Waals surface area contributed by atoms with Crippen molar-refractivity contribution in [1.29, 1.82) is 0 Å². The van der Waals surface area contributed by atoms with Crippen molar-refractivity contribution in [2.75, 3.05) is 33.9 Å². The van der Waals surface area contributed by atoms with Crippen LogP contribution < -0.4 is 10.6 Å². The van der Waals surface area contributed by atoms with Crippen LogP contribution in [0.2, 0.25) is 0 Å². The van der Waals surface area contributed by atoms with Crippen molar-refractivity contribution in [2.24, 2.45) is 11.8 Å². The van der Waals surface area contributed by atoms with Crippen molar-refractivity contribution in [3.05, 3.63) is 83.8 Å². The van der Waals surface area contributed by atoms with Crippen LogP contribution >= 0.6 is 0 Å². The number of likely N-dealkylation sites (tertiary alicyclic amines) is 2. The number of methoxy groups -OCH3 is 2. The van der Waals surface area contributed by atoms with E-state index in [2.05, 4.69) is 71.4 Å². The first kappa shape index (κ1) is 39.6. The minimum absolute atomic E-state index is 0.0215. The number of amides is 4. The van der Waals surface area contributed by atoms with Crippen LogP contribution in [0, 0.1) is 23.7 Å². The van der Waals surface area contributed by atoms with Gasteiger partial charge in [-0.1, -0.05) is 63.1 Å². The number of carbonyl (C=O) groups excluding carboxylic acids is 4. The summed E-state index contributed by atoms with van der Waals surface area (Å²) in [5.74, 6) is 7.59. The fourth-order valence-electron chi connectivity index (χ4n) is 7.31. The largest absolute Gasteiger partial charge is 0.453 e. The van der Waals surface area contributed by atoms with Gasteiger partial charge >= 0.3 is 12.2 Å². The molecule has 6 rings (SSSR count). The van der Waals surface area contributed by atoms with E-state index in [0.717, 1.165) is 59.5 Å². The Balaban J connectivity index is 1.05. The van der Waals surface area contributed by atoms with Gasteiger partial charge in [0.15, 0.2) is 0 Å². The first-order valence-electron chi connectivity index (χ1n) is 19.1. The lowest BCUT2D eigenvalue weighted by Crippen LogP contribution is -2.51. The Labute approximate surface area is 327 Å². The summed E-state index contributed by atoms with van der Waals surface area (Å²) in [5, 5.41) is 5.34. The van der Waals surface area contributed by atoms with Crippen LogP contribution in [0.1, 0.15) is 87.9 Å². The highest BCUT2D eigenvalue weighted by Gasteiger charge is 2.37. The Bertz CT molecular complexity index is 2060. The fraction of sp³-hybridized carbons (Fsp3) is 0.429. The van der Waals surface area contributed by atoms with Crippen LogP contribution in [-0.2, 0) is 19.1 Å². The van der Waals surface area contributed by atoms with E-state index in [1.807, 2.05) is 56.1 Å². The zero-order valence-electron chi connectivity index (χ0n) is 32.6. The highest BCUT2D eigenvalue weighted by molar-refractivity contribution is 5.86. The van der Waals surface area contributed by atoms with E-state index in [-0.39, 0.29) is 35.7 Å². The van der Waals surface area contributed by atoms with Crippen LogP contribution in [0.25, 0.3) is 22.4 Å². The summed E-state index contributed by atoms with van der Waals surface area (Å²) in [5.41, 5.74) is 5.50. The second-order valence-electron chi connectivity index (χ2n) is 14.7. The monoisotopic (exact) mass is 762 g/mol. The van der Waals surface area contributed by atoms with Gasteiger partial charge in [-0.2, -0.15) is 0 Å². The molecule has 294 valence electrons. The number of hydrogen-bond donors (Lipinski definition) is 4. The molecule has 0 saturated carbocycles. The molecule has 4 atom stereocenters. The molecule has 4 aromatic rings. The van der Waals surface area contributed by atoms with Gasteiger partial charge in [-0.05, 0) is 72.3 Å². The molecular weight excluding hydrogens is 713 g/mol. The van der Waals surface area contributed by atoms with Crippen molar-refractivity contribution in [3.63, 3.8) is 0 Å². The Hall–Kier alpha value is -6.10. The number of aromatic amines is 2.